The lowest BCUT2D eigenvalue weighted by Crippen LogP contribution is -2.72. The number of rotatable bonds is 11. The molecule has 1 aromatic heterocycles. The first-order chi connectivity index (χ1) is 14.1. The van der Waals surface area contributed by atoms with Crippen LogP contribution in [0.15, 0.2) is 16.8 Å². The highest BCUT2D eigenvalue weighted by Gasteiger charge is 2.93. The van der Waals surface area contributed by atoms with Crippen molar-refractivity contribution < 1.29 is 65.9 Å². The van der Waals surface area contributed by atoms with Crippen LogP contribution in [0.5, 0.6) is 0 Å². The van der Waals surface area contributed by atoms with Crippen LogP contribution in [0.25, 0.3) is 0 Å². The number of alkyl halides is 15. The average molecular weight is 522 g/mol. The maximum absolute atomic E-state index is 13.6. The predicted molar refractivity (Wildman–Crippen MR) is 82.2 cm³/mol. The molecule has 0 bridgehead atoms. The Kier molecular flexibility index (Phi) is 7.87. The molecule has 188 valence electrons. The van der Waals surface area contributed by atoms with Crippen LogP contribution >= 0.6 is 11.3 Å². The minimum atomic E-state index is -8.22. The molecule has 1 aromatic rings. The summed E-state index contributed by atoms with van der Waals surface area (Å²) < 4.78 is 196. The topological polar surface area (TPSA) is 0 Å². The molecule has 0 amide bonds. The monoisotopic (exact) mass is 522 g/mol. The molecule has 0 unspecified atom stereocenters. The van der Waals surface area contributed by atoms with Gasteiger partial charge in [0.15, 0.2) is 0 Å². The Morgan fingerprint density at radius 1 is 0.562 bits per heavy atom. The van der Waals surface area contributed by atoms with Crippen molar-refractivity contribution in [1.82, 2.24) is 0 Å². The third-order valence-electron chi connectivity index (χ3n) is 4.43. The summed E-state index contributed by atoms with van der Waals surface area (Å²) in [5, 5.41) is 3.28. The molecule has 0 fully saturated rings. The molecule has 0 nitrogen and oxygen atoms in total. The van der Waals surface area contributed by atoms with Crippen LogP contribution in [0.1, 0.15) is 31.2 Å². The van der Waals surface area contributed by atoms with Crippen molar-refractivity contribution in [1.29, 1.82) is 0 Å². The lowest BCUT2D eigenvalue weighted by atomic mass is 9.89. The van der Waals surface area contributed by atoms with E-state index in [2.05, 4.69) is 0 Å². The molecule has 32 heavy (non-hydrogen) atoms. The van der Waals surface area contributed by atoms with Gasteiger partial charge in [-0.2, -0.15) is 77.2 Å². The fraction of sp³-hybridized carbons (Fsp3) is 0.750. The third kappa shape index (κ3) is 4.65. The van der Waals surface area contributed by atoms with Crippen molar-refractivity contribution in [2.24, 2.45) is 0 Å². The number of thiophene rings is 1. The van der Waals surface area contributed by atoms with Gasteiger partial charge in [0, 0.05) is 6.42 Å². The maximum atomic E-state index is 13.6. The zero-order valence-corrected chi connectivity index (χ0v) is 16.2. The van der Waals surface area contributed by atoms with Gasteiger partial charge >= 0.3 is 41.7 Å². The second kappa shape index (κ2) is 8.78. The quantitative estimate of drug-likeness (QED) is 0.203. The fourth-order valence-corrected chi connectivity index (χ4v) is 3.15. The van der Waals surface area contributed by atoms with Crippen molar-refractivity contribution in [3.05, 3.63) is 22.4 Å². The van der Waals surface area contributed by atoms with Gasteiger partial charge in [-0.05, 0) is 41.7 Å². The number of unbranched alkanes of at least 4 members (excludes halogenated alkanes) is 2. The zero-order chi connectivity index (χ0) is 25.4. The Morgan fingerprint density at radius 2 is 1.03 bits per heavy atom. The third-order valence-corrected chi connectivity index (χ3v) is 5.16. The summed E-state index contributed by atoms with van der Waals surface area (Å²) in [4.78, 5) is 0. The molecule has 0 aliphatic rings. The first kappa shape index (κ1) is 28.7. The molecule has 0 aromatic carbocycles. The minimum absolute atomic E-state index is 0.0564. The van der Waals surface area contributed by atoms with Crippen molar-refractivity contribution >= 4 is 11.3 Å². The van der Waals surface area contributed by atoms with Gasteiger partial charge in [0.2, 0.25) is 0 Å². The van der Waals surface area contributed by atoms with Crippen LogP contribution < -0.4 is 0 Å². The highest BCUT2D eigenvalue weighted by atomic mass is 32.1. The van der Waals surface area contributed by atoms with E-state index in [0.717, 1.165) is 0 Å². The maximum Gasteiger partial charge on any atom is 0.460 e. The van der Waals surface area contributed by atoms with Crippen LogP contribution in [0, 0.1) is 0 Å². The van der Waals surface area contributed by atoms with E-state index in [-0.39, 0.29) is 19.3 Å². The smallest absolute Gasteiger partial charge is 0.200 e. The van der Waals surface area contributed by atoms with Gasteiger partial charge in [-0.25, -0.2) is 0 Å². The first-order valence-corrected chi connectivity index (χ1v) is 9.37. The Morgan fingerprint density at radius 3 is 1.47 bits per heavy atom. The van der Waals surface area contributed by atoms with E-state index in [1.165, 1.54) is 11.3 Å². The molecule has 0 saturated carbocycles. The van der Waals surface area contributed by atoms with Crippen molar-refractivity contribution in [2.45, 2.75) is 73.8 Å². The van der Waals surface area contributed by atoms with Crippen LogP contribution in [-0.4, -0.2) is 41.7 Å². The van der Waals surface area contributed by atoms with Crippen LogP contribution in [-0.2, 0) is 6.42 Å². The van der Waals surface area contributed by atoms with Crippen LogP contribution in [0.2, 0.25) is 0 Å². The van der Waals surface area contributed by atoms with E-state index in [0.29, 0.717) is 5.56 Å². The van der Waals surface area contributed by atoms with Crippen molar-refractivity contribution in [3.8, 4) is 0 Å². The second-order valence-electron chi connectivity index (χ2n) is 6.77. The molecule has 0 spiro atoms. The summed E-state index contributed by atoms with van der Waals surface area (Å²) in [6.07, 6.45) is -10.9. The largest absolute Gasteiger partial charge is 0.460 e. The van der Waals surface area contributed by atoms with Gasteiger partial charge < -0.3 is 0 Å². The summed E-state index contributed by atoms with van der Waals surface area (Å²) in [6, 6.07) is 1.62. The van der Waals surface area contributed by atoms with Crippen LogP contribution in [0.3, 0.4) is 0 Å². The molecule has 0 saturated heterocycles. The Labute approximate surface area is 174 Å². The van der Waals surface area contributed by atoms with Crippen molar-refractivity contribution in [3.63, 3.8) is 0 Å². The summed E-state index contributed by atoms with van der Waals surface area (Å²) in [5.74, 6) is -45.9. The molecule has 0 atom stereocenters. The summed E-state index contributed by atoms with van der Waals surface area (Å²) in [5.41, 5.74) is 0.714. The summed E-state index contributed by atoms with van der Waals surface area (Å²) in [6.45, 7) is 0. The fourth-order valence-electron chi connectivity index (χ4n) is 2.44. The number of aryl methyl sites for hydroxylation is 1. The normalized spacial score (nSPS) is 15.3. The second-order valence-corrected chi connectivity index (χ2v) is 7.55. The first-order valence-electron chi connectivity index (χ1n) is 8.42. The van der Waals surface area contributed by atoms with E-state index in [1.54, 1.807) is 16.8 Å². The molecule has 0 aliphatic carbocycles. The lowest BCUT2D eigenvalue weighted by Gasteiger charge is -2.41. The van der Waals surface area contributed by atoms with Gasteiger partial charge in [-0.3, -0.25) is 0 Å². The van der Waals surface area contributed by atoms with E-state index >= 15 is 0 Å². The van der Waals surface area contributed by atoms with Gasteiger partial charge in [0.25, 0.3) is 0 Å². The summed E-state index contributed by atoms with van der Waals surface area (Å²) >= 11 is 1.26. The highest BCUT2D eigenvalue weighted by Crippen LogP contribution is 2.62. The molecule has 16 heteroatoms. The SMILES string of the molecule is FC(F)(F)C(F)(F)C(F)(F)C(F)(F)C(F)(F)C(F)(F)C(F)(F)CCCCCc1ccsc1. The molecular weight excluding hydrogens is 509 g/mol. The van der Waals surface area contributed by atoms with E-state index in [4.69, 9.17) is 0 Å². The minimum Gasteiger partial charge on any atom is -0.200 e. The average Bonchev–Trinajstić information content (AvgIpc) is 3.12. The zero-order valence-electron chi connectivity index (χ0n) is 15.3. The number of hydrogen-bond donors (Lipinski definition) is 0. The predicted octanol–water partition coefficient (Wildman–Crippen LogP) is 8.23. The van der Waals surface area contributed by atoms with Gasteiger partial charge in [-0.15, -0.1) is 0 Å². The van der Waals surface area contributed by atoms with E-state index < -0.39 is 54.6 Å². The lowest BCUT2D eigenvalue weighted by molar-refractivity contribution is -0.452. The van der Waals surface area contributed by atoms with E-state index in [9.17, 15) is 65.9 Å². The van der Waals surface area contributed by atoms with Gasteiger partial charge in [-0.1, -0.05) is 6.42 Å². The standard InChI is InChI=1S/C16H13F15S/c17-10(18,6-3-1-2-4-9-5-7-32-8-9)11(19,20)12(21,22)13(23,24)14(25,26)15(27,28)16(29,30)31/h5,7-8H,1-4,6H2. The van der Waals surface area contributed by atoms with Gasteiger partial charge in [0.1, 0.15) is 0 Å². The molecule has 1 rings (SSSR count). The molecular formula is C16H13F15S. The molecule has 0 aliphatic heterocycles. The van der Waals surface area contributed by atoms with E-state index in [1.807, 2.05) is 0 Å². The van der Waals surface area contributed by atoms with Crippen LogP contribution in [0.4, 0.5) is 65.9 Å². The molecule has 0 N–H and O–H groups in total. The summed E-state index contributed by atoms with van der Waals surface area (Å²) in [7, 11) is 0. The van der Waals surface area contributed by atoms with Crippen molar-refractivity contribution in [2.75, 3.05) is 0 Å². The molecule has 0 radical (unpaired) electrons. The number of hydrogen-bond acceptors (Lipinski definition) is 1. The molecule has 1 heterocycles. The highest BCUT2D eigenvalue weighted by molar-refractivity contribution is 7.07. The van der Waals surface area contributed by atoms with Gasteiger partial charge in [0.05, 0.1) is 0 Å². The Bertz CT molecular complexity index is 733. The Hall–Kier alpha value is -1.35. The number of halogens is 15. The Balaban J connectivity index is 3.06.